The molecule has 0 aliphatic carbocycles. The second-order valence-corrected chi connectivity index (χ2v) is 8.87. The van der Waals surface area contributed by atoms with E-state index in [4.69, 9.17) is 16.3 Å². The van der Waals surface area contributed by atoms with Crippen LogP contribution in [-0.4, -0.2) is 45.2 Å². The predicted octanol–water partition coefficient (Wildman–Crippen LogP) is 2.83. The van der Waals surface area contributed by atoms with E-state index < -0.39 is 27.4 Å². The zero-order valence-corrected chi connectivity index (χ0v) is 18.3. The summed E-state index contributed by atoms with van der Waals surface area (Å²) in [6.45, 7) is 3.07. The fourth-order valence-electron chi connectivity index (χ4n) is 2.67. The number of nitrogens with zero attached hydrogens (tertiary/aromatic N) is 2. The maximum absolute atomic E-state index is 12.3. The van der Waals surface area contributed by atoms with Crippen LogP contribution in [-0.2, 0) is 14.8 Å². The quantitative estimate of drug-likeness (QED) is 0.353. The van der Waals surface area contributed by atoms with E-state index in [1.807, 2.05) is 13.0 Å². The molecule has 11 heteroatoms. The van der Waals surface area contributed by atoms with Gasteiger partial charge in [0, 0.05) is 11.1 Å². The fourth-order valence-corrected chi connectivity index (χ4v) is 3.75. The largest absolute Gasteiger partial charge is 0.492 e. The van der Waals surface area contributed by atoms with E-state index in [2.05, 4.69) is 5.32 Å². The molecular formula is C19H22ClN3O6S. The molecule has 0 saturated heterocycles. The highest BCUT2D eigenvalue weighted by Crippen LogP contribution is 2.29. The van der Waals surface area contributed by atoms with Crippen LogP contribution in [0.2, 0.25) is 5.02 Å². The minimum Gasteiger partial charge on any atom is -0.492 e. The monoisotopic (exact) mass is 455 g/mol. The number of hydrogen-bond acceptors (Lipinski definition) is 6. The van der Waals surface area contributed by atoms with Crippen molar-refractivity contribution in [3.05, 3.63) is 62.7 Å². The van der Waals surface area contributed by atoms with Crippen LogP contribution in [0.4, 0.5) is 11.4 Å². The van der Waals surface area contributed by atoms with Gasteiger partial charge in [-0.15, -0.1) is 0 Å². The number of nitrogens with one attached hydrogen (secondary N) is 1. The Kier molecular flexibility index (Phi) is 7.63. The van der Waals surface area contributed by atoms with E-state index in [0.29, 0.717) is 10.8 Å². The molecule has 0 aliphatic heterocycles. The van der Waals surface area contributed by atoms with Gasteiger partial charge >= 0.3 is 0 Å². The van der Waals surface area contributed by atoms with Crippen LogP contribution in [0, 0.1) is 24.0 Å². The summed E-state index contributed by atoms with van der Waals surface area (Å²) < 4.78 is 30.8. The lowest BCUT2D eigenvalue weighted by atomic mass is 10.1. The average molecular weight is 456 g/mol. The smallest absolute Gasteiger partial charge is 0.274 e. The van der Waals surface area contributed by atoms with Crippen LogP contribution < -0.4 is 14.4 Å². The molecule has 0 saturated carbocycles. The molecule has 0 bridgehead atoms. The predicted molar refractivity (Wildman–Crippen MR) is 115 cm³/mol. The highest BCUT2D eigenvalue weighted by molar-refractivity contribution is 7.92. The number of halogens is 1. The Labute approximate surface area is 179 Å². The first-order chi connectivity index (χ1) is 14.0. The van der Waals surface area contributed by atoms with E-state index in [0.717, 1.165) is 16.1 Å². The molecule has 2 aromatic rings. The van der Waals surface area contributed by atoms with Gasteiger partial charge in [0.1, 0.15) is 18.9 Å². The SMILES string of the molecule is Cc1ccc(OCCNC(=O)CN(c2cccc([N+](=O)[O-])c2C)S(C)(=O)=O)cc1Cl. The molecule has 1 N–H and O–H groups in total. The van der Waals surface area contributed by atoms with Gasteiger partial charge in [0.25, 0.3) is 5.69 Å². The molecule has 0 radical (unpaired) electrons. The van der Waals surface area contributed by atoms with Crippen molar-refractivity contribution < 1.29 is 22.9 Å². The van der Waals surface area contributed by atoms with Gasteiger partial charge in [-0.05, 0) is 37.6 Å². The Hall–Kier alpha value is -2.85. The summed E-state index contributed by atoms with van der Waals surface area (Å²) in [4.78, 5) is 22.8. The molecule has 0 atom stereocenters. The second kappa shape index (κ2) is 9.77. The highest BCUT2D eigenvalue weighted by atomic mass is 35.5. The van der Waals surface area contributed by atoms with E-state index >= 15 is 0 Å². The van der Waals surface area contributed by atoms with Crippen LogP contribution in [0.15, 0.2) is 36.4 Å². The van der Waals surface area contributed by atoms with Crippen molar-refractivity contribution in [3.63, 3.8) is 0 Å². The summed E-state index contributed by atoms with van der Waals surface area (Å²) in [6.07, 6.45) is 0.933. The topological polar surface area (TPSA) is 119 Å². The summed E-state index contributed by atoms with van der Waals surface area (Å²) >= 11 is 6.02. The van der Waals surface area contributed by atoms with E-state index in [-0.39, 0.29) is 30.1 Å². The normalized spacial score (nSPS) is 11.1. The number of hydrogen-bond donors (Lipinski definition) is 1. The van der Waals surface area contributed by atoms with Crippen LogP contribution in [0.3, 0.4) is 0 Å². The summed E-state index contributed by atoms with van der Waals surface area (Å²) in [7, 11) is -3.86. The number of anilines is 1. The minimum atomic E-state index is -3.86. The van der Waals surface area contributed by atoms with Gasteiger partial charge in [-0.3, -0.25) is 19.2 Å². The number of ether oxygens (including phenoxy) is 1. The molecule has 0 heterocycles. The second-order valence-electron chi connectivity index (χ2n) is 6.56. The molecule has 0 unspecified atom stereocenters. The van der Waals surface area contributed by atoms with Crippen molar-refractivity contribution >= 4 is 38.9 Å². The van der Waals surface area contributed by atoms with Crippen molar-refractivity contribution in [1.29, 1.82) is 0 Å². The molecule has 1 amide bonds. The zero-order chi connectivity index (χ0) is 22.5. The minimum absolute atomic E-state index is 0.0763. The molecular weight excluding hydrogens is 434 g/mol. The number of aryl methyl sites for hydroxylation is 1. The Morgan fingerprint density at radius 3 is 2.57 bits per heavy atom. The van der Waals surface area contributed by atoms with Gasteiger partial charge in [-0.1, -0.05) is 23.7 Å². The standard InChI is InChI=1S/C19H22ClN3O6S/c1-13-7-8-15(11-16(13)20)29-10-9-21-19(24)12-22(30(3,27)28)17-5-4-6-18(14(17)2)23(25)26/h4-8,11H,9-10,12H2,1-3H3,(H,21,24). The van der Waals surface area contributed by atoms with Gasteiger partial charge in [-0.2, -0.15) is 0 Å². The third kappa shape index (κ3) is 6.07. The Balaban J connectivity index is 2.02. The number of rotatable bonds is 9. The van der Waals surface area contributed by atoms with Crippen LogP contribution in [0.1, 0.15) is 11.1 Å². The third-order valence-electron chi connectivity index (χ3n) is 4.27. The third-order valence-corrected chi connectivity index (χ3v) is 5.80. The number of amides is 1. The van der Waals surface area contributed by atoms with Gasteiger partial charge in [0.05, 0.1) is 29.0 Å². The molecule has 0 aliphatic rings. The van der Waals surface area contributed by atoms with Crippen molar-refractivity contribution in [2.75, 3.05) is 30.3 Å². The lowest BCUT2D eigenvalue weighted by Crippen LogP contribution is -2.41. The van der Waals surface area contributed by atoms with Crippen molar-refractivity contribution in [1.82, 2.24) is 5.32 Å². The maximum Gasteiger partial charge on any atom is 0.274 e. The molecule has 2 rings (SSSR count). The van der Waals surface area contributed by atoms with Gasteiger partial charge < -0.3 is 10.1 Å². The van der Waals surface area contributed by atoms with Gasteiger partial charge in [0.2, 0.25) is 15.9 Å². The van der Waals surface area contributed by atoms with Crippen molar-refractivity contribution in [3.8, 4) is 5.75 Å². The fraction of sp³-hybridized carbons (Fsp3) is 0.316. The summed E-state index contributed by atoms with van der Waals surface area (Å²) in [6, 6.07) is 9.28. The average Bonchev–Trinajstić information content (AvgIpc) is 2.65. The lowest BCUT2D eigenvalue weighted by Gasteiger charge is -2.23. The Bertz CT molecular complexity index is 1060. The summed E-state index contributed by atoms with van der Waals surface area (Å²) in [5.41, 5.74) is 0.911. The van der Waals surface area contributed by atoms with Gasteiger partial charge in [0.15, 0.2) is 0 Å². The first kappa shape index (κ1) is 23.4. The summed E-state index contributed by atoms with van der Waals surface area (Å²) in [5.74, 6) is -0.0262. The molecule has 2 aromatic carbocycles. The number of benzene rings is 2. The first-order valence-corrected chi connectivity index (χ1v) is 11.1. The Morgan fingerprint density at radius 1 is 1.27 bits per heavy atom. The Morgan fingerprint density at radius 2 is 1.97 bits per heavy atom. The summed E-state index contributed by atoms with van der Waals surface area (Å²) in [5, 5.41) is 14.3. The van der Waals surface area contributed by atoms with Crippen LogP contribution >= 0.6 is 11.6 Å². The van der Waals surface area contributed by atoms with Crippen LogP contribution in [0.5, 0.6) is 5.75 Å². The molecule has 9 nitrogen and oxygen atoms in total. The van der Waals surface area contributed by atoms with Crippen LogP contribution in [0.25, 0.3) is 0 Å². The zero-order valence-electron chi connectivity index (χ0n) is 16.7. The van der Waals surface area contributed by atoms with Crippen molar-refractivity contribution in [2.24, 2.45) is 0 Å². The first-order valence-electron chi connectivity index (χ1n) is 8.88. The highest BCUT2D eigenvalue weighted by Gasteiger charge is 2.25. The van der Waals surface area contributed by atoms with E-state index in [1.54, 1.807) is 12.1 Å². The molecule has 30 heavy (non-hydrogen) atoms. The number of carbonyl (C=O) groups excluding carboxylic acids is 1. The van der Waals surface area contributed by atoms with E-state index in [1.165, 1.54) is 25.1 Å². The molecule has 0 spiro atoms. The number of sulfonamides is 1. The molecule has 162 valence electrons. The lowest BCUT2D eigenvalue weighted by molar-refractivity contribution is -0.385. The maximum atomic E-state index is 12.3. The number of nitro benzene ring substituents is 1. The molecule has 0 aromatic heterocycles. The van der Waals surface area contributed by atoms with Gasteiger partial charge in [-0.25, -0.2) is 8.42 Å². The van der Waals surface area contributed by atoms with E-state index in [9.17, 15) is 23.3 Å². The van der Waals surface area contributed by atoms with Crippen molar-refractivity contribution in [2.45, 2.75) is 13.8 Å². The number of carbonyl (C=O) groups is 1. The molecule has 0 fully saturated rings. The number of nitro groups is 1.